The van der Waals surface area contributed by atoms with Crippen LogP contribution in [0.1, 0.15) is 38.4 Å². The Morgan fingerprint density at radius 1 is 1.24 bits per heavy atom. The average molecular weight is 439 g/mol. The number of carbonyl (C=O) groups is 3. The number of benzene rings is 1. The molecular formula is C20H24Cl2N4O3. The molecule has 0 unspecified atom stereocenters. The Balaban J connectivity index is 2.03. The summed E-state index contributed by atoms with van der Waals surface area (Å²) in [6, 6.07) is 2.73. The average Bonchev–Trinajstić information content (AvgIpc) is 2.99. The maximum absolute atomic E-state index is 13.3. The zero-order valence-corrected chi connectivity index (χ0v) is 18.0. The minimum Gasteiger partial charge on any atom is -0.368 e. The van der Waals surface area contributed by atoms with Gasteiger partial charge in [0, 0.05) is 24.4 Å². The van der Waals surface area contributed by atoms with E-state index in [-0.39, 0.29) is 18.2 Å². The molecular weight excluding hydrogens is 415 g/mol. The van der Waals surface area contributed by atoms with Gasteiger partial charge in [-0.1, -0.05) is 43.1 Å². The smallest absolute Gasteiger partial charge is 0.246 e. The van der Waals surface area contributed by atoms with E-state index in [1.165, 1.54) is 6.92 Å². The largest absolute Gasteiger partial charge is 0.368 e. The second kappa shape index (κ2) is 7.88. The molecule has 0 spiro atoms. The van der Waals surface area contributed by atoms with E-state index in [0.29, 0.717) is 28.4 Å². The molecule has 0 saturated carbocycles. The second-order valence-corrected chi connectivity index (χ2v) is 8.69. The Hall–Kier alpha value is -2.25. The molecule has 5 N–H and O–H groups in total. The lowest BCUT2D eigenvalue weighted by Crippen LogP contribution is -2.64. The van der Waals surface area contributed by atoms with Gasteiger partial charge in [-0.2, -0.15) is 0 Å². The van der Waals surface area contributed by atoms with Crippen LogP contribution >= 0.6 is 23.2 Å². The van der Waals surface area contributed by atoms with Gasteiger partial charge in [0.2, 0.25) is 17.7 Å². The molecule has 0 saturated heterocycles. The van der Waals surface area contributed by atoms with Crippen molar-refractivity contribution < 1.29 is 14.4 Å². The number of rotatable bonds is 5. The molecule has 0 aliphatic heterocycles. The van der Waals surface area contributed by atoms with Crippen molar-refractivity contribution in [2.45, 2.75) is 51.6 Å². The van der Waals surface area contributed by atoms with Crippen LogP contribution in [-0.2, 0) is 27.2 Å². The van der Waals surface area contributed by atoms with Gasteiger partial charge in [0.25, 0.3) is 0 Å². The Bertz CT molecular complexity index is 1000. The number of aryl methyl sites for hydroxylation is 1. The van der Waals surface area contributed by atoms with E-state index in [0.717, 1.165) is 16.6 Å². The number of H-pyrrole nitrogens is 1. The van der Waals surface area contributed by atoms with Gasteiger partial charge in [-0.15, -0.1) is 0 Å². The summed E-state index contributed by atoms with van der Waals surface area (Å²) in [6.45, 7) is 4.96. The predicted octanol–water partition coefficient (Wildman–Crippen LogP) is 2.46. The van der Waals surface area contributed by atoms with E-state index >= 15 is 0 Å². The quantitative estimate of drug-likeness (QED) is 0.573. The summed E-state index contributed by atoms with van der Waals surface area (Å²) in [4.78, 5) is 40.3. The maximum Gasteiger partial charge on any atom is 0.246 e. The van der Waals surface area contributed by atoms with E-state index in [4.69, 9.17) is 28.9 Å². The van der Waals surface area contributed by atoms with Gasteiger partial charge in [-0.05, 0) is 30.4 Å². The number of halogens is 2. The highest BCUT2D eigenvalue weighted by Gasteiger charge is 2.44. The number of primary amides is 1. The normalized spacial score (nSPS) is 19.7. The Morgan fingerprint density at radius 3 is 2.52 bits per heavy atom. The first-order chi connectivity index (χ1) is 13.6. The van der Waals surface area contributed by atoms with Gasteiger partial charge in [-0.3, -0.25) is 14.4 Å². The standard InChI is InChI=1S/C20H24Cl2N4O3/c1-9(2)16(18(23)28)25-19(29)20(26-10(3)27)7-6-14-12(8-20)11-4-5-13(21)15(22)17(11)24-14/h4-5,9,16,24H,6-8H2,1-3H3,(H2,23,28)(H,25,29)(H,26,27)/t16-,20+/m0/s1. The molecule has 29 heavy (non-hydrogen) atoms. The number of fused-ring (bicyclic) bond motifs is 3. The minimum atomic E-state index is -1.19. The van der Waals surface area contributed by atoms with Gasteiger partial charge in [0.05, 0.1) is 15.6 Å². The monoisotopic (exact) mass is 438 g/mol. The van der Waals surface area contributed by atoms with Crippen LogP contribution in [0.2, 0.25) is 10.0 Å². The van der Waals surface area contributed by atoms with E-state index in [1.807, 2.05) is 6.07 Å². The third-order valence-corrected chi connectivity index (χ3v) is 6.25. The third-order valence-electron chi connectivity index (χ3n) is 5.45. The first kappa shape index (κ1) is 21.5. The molecule has 1 heterocycles. The van der Waals surface area contributed by atoms with Crippen molar-refractivity contribution in [2.75, 3.05) is 0 Å². The molecule has 0 radical (unpaired) electrons. The molecule has 2 atom stereocenters. The Kier molecular flexibility index (Phi) is 5.83. The van der Waals surface area contributed by atoms with Crippen LogP contribution in [0.25, 0.3) is 10.9 Å². The summed E-state index contributed by atoms with van der Waals surface area (Å²) in [6.07, 6.45) is 1.15. The molecule has 1 aliphatic carbocycles. The fourth-order valence-electron chi connectivity index (χ4n) is 4.00. The van der Waals surface area contributed by atoms with E-state index in [9.17, 15) is 14.4 Å². The van der Waals surface area contributed by atoms with Crippen molar-refractivity contribution in [3.63, 3.8) is 0 Å². The molecule has 156 valence electrons. The van der Waals surface area contributed by atoms with E-state index < -0.39 is 23.4 Å². The zero-order valence-electron chi connectivity index (χ0n) is 16.5. The molecule has 1 aromatic carbocycles. The van der Waals surface area contributed by atoms with Gasteiger partial charge >= 0.3 is 0 Å². The molecule has 7 nitrogen and oxygen atoms in total. The van der Waals surface area contributed by atoms with Crippen molar-refractivity contribution in [1.82, 2.24) is 15.6 Å². The lowest BCUT2D eigenvalue weighted by molar-refractivity contribution is -0.136. The highest BCUT2D eigenvalue weighted by Crippen LogP contribution is 2.38. The Labute approximate surface area is 178 Å². The first-order valence-electron chi connectivity index (χ1n) is 9.42. The van der Waals surface area contributed by atoms with Crippen LogP contribution in [0.5, 0.6) is 0 Å². The third kappa shape index (κ3) is 3.94. The molecule has 9 heteroatoms. The molecule has 3 rings (SSSR count). The number of aromatic nitrogens is 1. The molecule has 3 amide bonds. The summed E-state index contributed by atoms with van der Waals surface area (Å²) in [7, 11) is 0. The molecule has 1 aliphatic rings. The predicted molar refractivity (Wildman–Crippen MR) is 113 cm³/mol. The fourth-order valence-corrected chi connectivity index (χ4v) is 4.37. The molecule has 0 fully saturated rings. The maximum atomic E-state index is 13.3. The number of aromatic amines is 1. The van der Waals surface area contributed by atoms with Crippen molar-refractivity contribution in [2.24, 2.45) is 11.7 Å². The SMILES string of the molecule is CC(=O)N[C@]1(C(=O)N[C@H](C(N)=O)C(C)C)CCc2[nH]c3c(Cl)c(Cl)ccc3c2C1. The van der Waals surface area contributed by atoms with Gasteiger partial charge in [-0.25, -0.2) is 0 Å². The van der Waals surface area contributed by atoms with Crippen LogP contribution in [-0.4, -0.2) is 34.3 Å². The van der Waals surface area contributed by atoms with Crippen molar-refractivity contribution in [1.29, 1.82) is 0 Å². The van der Waals surface area contributed by atoms with Crippen molar-refractivity contribution in [3.8, 4) is 0 Å². The fraction of sp³-hybridized carbons (Fsp3) is 0.450. The summed E-state index contributed by atoms with van der Waals surface area (Å²) in [5.41, 5.74) is 6.82. The number of hydrogen-bond donors (Lipinski definition) is 4. The summed E-state index contributed by atoms with van der Waals surface area (Å²) in [5.74, 6) is -1.55. The number of nitrogens with two attached hydrogens (primary N) is 1. The van der Waals surface area contributed by atoms with Gasteiger partial charge in [0.1, 0.15) is 11.6 Å². The summed E-state index contributed by atoms with van der Waals surface area (Å²) >= 11 is 12.5. The molecule has 0 bridgehead atoms. The summed E-state index contributed by atoms with van der Waals surface area (Å²) < 4.78 is 0. The lowest BCUT2D eigenvalue weighted by Gasteiger charge is -2.37. The van der Waals surface area contributed by atoms with E-state index in [1.54, 1.807) is 19.9 Å². The number of carbonyl (C=O) groups excluding carboxylic acids is 3. The molecule has 1 aromatic heterocycles. The van der Waals surface area contributed by atoms with Gasteiger partial charge < -0.3 is 21.4 Å². The van der Waals surface area contributed by atoms with Gasteiger partial charge in [0.15, 0.2) is 0 Å². The molecule has 2 aromatic rings. The number of nitrogens with one attached hydrogen (secondary N) is 3. The van der Waals surface area contributed by atoms with E-state index in [2.05, 4.69) is 15.6 Å². The highest BCUT2D eigenvalue weighted by molar-refractivity contribution is 6.45. The van der Waals surface area contributed by atoms with Crippen molar-refractivity contribution >= 4 is 51.8 Å². The Morgan fingerprint density at radius 2 is 1.93 bits per heavy atom. The van der Waals surface area contributed by atoms with Crippen LogP contribution in [0.15, 0.2) is 12.1 Å². The lowest BCUT2D eigenvalue weighted by atomic mass is 9.78. The summed E-state index contributed by atoms with van der Waals surface area (Å²) in [5, 5.41) is 7.27. The highest BCUT2D eigenvalue weighted by atomic mass is 35.5. The first-order valence-corrected chi connectivity index (χ1v) is 10.2. The zero-order chi connectivity index (χ0) is 21.5. The number of hydrogen-bond acceptors (Lipinski definition) is 3. The van der Waals surface area contributed by atoms with Crippen LogP contribution in [0, 0.1) is 5.92 Å². The van der Waals surface area contributed by atoms with Crippen molar-refractivity contribution in [3.05, 3.63) is 33.4 Å². The van der Waals surface area contributed by atoms with Crippen LogP contribution in [0.3, 0.4) is 0 Å². The van der Waals surface area contributed by atoms with Crippen LogP contribution < -0.4 is 16.4 Å². The second-order valence-electron chi connectivity index (χ2n) is 7.90. The number of amides is 3. The topological polar surface area (TPSA) is 117 Å². The van der Waals surface area contributed by atoms with Crippen LogP contribution in [0.4, 0.5) is 0 Å². The minimum absolute atomic E-state index is 0.181.